The number of amides is 1. The van der Waals surface area contributed by atoms with E-state index in [1.54, 1.807) is 31.4 Å². The maximum atomic E-state index is 12.3. The number of sulfone groups is 1. The molecule has 0 fully saturated rings. The average Bonchev–Trinajstić information content (AvgIpc) is 2.55. The highest BCUT2D eigenvalue weighted by Gasteiger charge is 2.13. The summed E-state index contributed by atoms with van der Waals surface area (Å²) < 4.78 is 28.3. The van der Waals surface area contributed by atoms with E-state index in [0.717, 1.165) is 22.4 Å². The lowest BCUT2D eigenvalue weighted by molar-refractivity contribution is -0.121. The standard InChI is InChI=1S/C19H23NO4S/c1-13-5-6-15(11-18(13)24-3)12-19(21)20-14(2)16-7-9-17(10-8-16)25(4,22)23/h5-11,14H,12H2,1-4H3,(H,20,21)/t14-/m1/s1. The van der Waals surface area contributed by atoms with E-state index in [0.29, 0.717) is 0 Å². The summed E-state index contributed by atoms with van der Waals surface area (Å²) in [5.41, 5.74) is 2.74. The van der Waals surface area contributed by atoms with Gasteiger partial charge in [0.2, 0.25) is 5.91 Å². The first kappa shape index (κ1) is 19.0. The zero-order chi connectivity index (χ0) is 18.6. The van der Waals surface area contributed by atoms with Crippen molar-refractivity contribution in [1.29, 1.82) is 0 Å². The van der Waals surface area contributed by atoms with Crippen LogP contribution in [0.15, 0.2) is 47.4 Å². The molecule has 25 heavy (non-hydrogen) atoms. The molecule has 0 saturated heterocycles. The molecule has 5 nitrogen and oxygen atoms in total. The molecule has 0 aliphatic heterocycles. The zero-order valence-corrected chi connectivity index (χ0v) is 15.7. The first-order valence-electron chi connectivity index (χ1n) is 7.93. The van der Waals surface area contributed by atoms with Crippen molar-refractivity contribution in [2.24, 2.45) is 0 Å². The Labute approximate surface area is 148 Å². The van der Waals surface area contributed by atoms with Crippen LogP contribution in [0.1, 0.15) is 29.7 Å². The van der Waals surface area contributed by atoms with Crippen molar-refractivity contribution in [3.63, 3.8) is 0 Å². The number of hydrogen-bond donors (Lipinski definition) is 1. The number of benzene rings is 2. The molecule has 0 unspecified atom stereocenters. The van der Waals surface area contributed by atoms with Crippen LogP contribution in [0, 0.1) is 6.92 Å². The molecular weight excluding hydrogens is 338 g/mol. The van der Waals surface area contributed by atoms with E-state index in [1.807, 2.05) is 32.0 Å². The molecule has 134 valence electrons. The van der Waals surface area contributed by atoms with E-state index in [2.05, 4.69) is 5.32 Å². The van der Waals surface area contributed by atoms with Gasteiger partial charge in [0.25, 0.3) is 0 Å². The van der Waals surface area contributed by atoms with E-state index in [-0.39, 0.29) is 23.3 Å². The van der Waals surface area contributed by atoms with Crippen molar-refractivity contribution in [3.8, 4) is 5.75 Å². The van der Waals surface area contributed by atoms with Gasteiger partial charge in [0, 0.05) is 6.26 Å². The minimum absolute atomic E-state index is 0.106. The van der Waals surface area contributed by atoms with Gasteiger partial charge < -0.3 is 10.1 Å². The van der Waals surface area contributed by atoms with Crippen molar-refractivity contribution >= 4 is 15.7 Å². The van der Waals surface area contributed by atoms with Gasteiger partial charge in [-0.25, -0.2) is 8.42 Å². The molecule has 1 N–H and O–H groups in total. The van der Waals surface area contributed by atoms with E-state index in [4.69, 9.17) is 4.74 Å². The summed E-state index contributed by atoms with van der Waals surface area (Å²) in [4.78, 5) is 12.5. The number of carbonyl (C=O) groups is 1. The topological polar surface area (TPSA) is 72.5 Å². The third-order valence-corrected chi connectivity index (χ3v) is 5.15. The van der Waals surface area contributed by atoms with Crippen LogP contribution in [0.25, 0.3) is 0 Å². The third kappa shape index (κ3) is 5.06. The summed E-state index contributed by atoms with van der Waals surface area (Å²) in [6.45, 7) is 3.81. The van der Waals surface area contributed by atoms with Crippen molar-refractivity contribution in [1.82, 2.24) is 5.32 Å². The second-order valence-electron chi connectivity index (χ2n) is 6.11. The number of nitrogens with one attached hydrogen (secondary N) is 1. The quantitative estimate of drug-likeness (QED) is 0.859. The van der Waals surface area contributed by atoms with Crippen molar-refractivity contribution in [2.75, 3.05) is 13.4 Å². The Kier molecular flexibility index (Phi) is 5.85. The van der Waals surface area contributed by atoms with E-state index in [9.17, 15) is 13.2 Å². The second kappa shape index (κ2) is 7.70. The molecule has 0 heterocycles. The van der Waals surface area contributed by atoms with Gasteiger partial charge >= 0.3 is 0 Å². The van der Waals surface area contributed by atoms with Crippen molar-refractivity contribution in [2.45, 2.75) is 31.2 Å². The van der Waals surface area contributed by atoms with Crippen LogP contribution >= 0.6 is 0 Å². The van der Waals surface area contributed by atoms with Gasteiger partial charge in [-0.1, -0.05) is 24.3 Å². The summed E-state index contributed by atoms with van der Waals surface area (Å²) in [7, 11) is -1.61. The first-order valence-corrected chi connectivity index (χ1v) is 9.82. The lowest BCUT2D eigenvalue weighted by atomic mass is 10.1. The number of rotatable bonds is 6. The molecule has 0 spiro atoms. The molecule has 2 rings (SSSR count). The lowest BCUT2D eigenvalue weighted by Crippen LogP contribution is -2.28. The molecule has 1 amide bonds. The first-order chi connectivity index (χ1) is 11.7. The highest BCUT2D eigenvalue weighted by atomic mass is 32.2. The minimum atomic E-state index is -3.22. The Morgan fingerprint density at radius 1 is 1.16 bits per heavy atom. The molecule has 0 bridgehead atoms. The van der Waals surface area contributed by atoms with E-state index >= 15 is 0 Å². The van der Waals surface area contributed by atoms with Crippen molar-refractivity contribution in [3.05, 3.63) is 59.2 Å². The summed E-state index contributed by atoms with van der Waals surface area (Å²) in [6, 6.07) is 12.0. The van der Waals surface area contributed by atoms with Gasteiger partial charge in [0.15, 0.2) is 9.84 Å². The van der Waals surface area contributed by atoms with Crippen LogP contribution in [0.2, 0.25) is 0 Å². The van der Waals surface area contributed by atoms with Crippen LogP contribution < -0.4 is 10.1 Å². The SMILES string of the molecule is COc1cc(CC(=O)N[C@H](C)c2ccc(S(C)(=O)=O)cc2)ccc1C. The normalized spacial score (nSPS) is 12.5. The Morgan fingerprint density at radius 2 is 1.80 bits per heavy atom. The van der Waals surface area contributed by atoms with Crippen LogP contribution in [-0.4, -0.2) is 27.7 Å². The monoisotopic (exact) mass is 361 g/mol. The molecule has 0 aromatic heterocycles. The highest BCUT2D eigenvalue weighted by Crippen LogP contribution is 2.20. The molecule has 6 heteroatoms. The average molecular weight is 361 g/mol. The second-order valence-corrected chi connectivity index (χ2v) is 8.13. The molecule has 0 radical (unpaired) electrons. The van der Waals surface area contributed by atoms with Crippen LogP contribution in [-0.2, 0) is 21.1 Å². The number of methoxy groups -OCH3 is 1. The molecule has 0 aliphatic carbocycles. The predicted molar refractivity (Wildman–Crippen MR) is 97.5 cm³/mol. The molecule has 1 atom stereocenters. The minimum Gasteiger partial charge on any atom is -0.496 e. The Bertz CT molecular complexity index is 857. The summed E-state index contributed by atoms with van der Waals surface area (Å²) in [5, 5.41) is 2.93. The Hall–Kier alpha value is -2.34. The van der Waals surface area contributed by atoms with Gasteiger partial charge in [-0.05, 0) is 48.7 Å². The number of hydrogen-bond acceptors (Lipinski definition) is 4. The molecule has 2 aromatic carbocycles. The molecule has 0 aliphatic rings. The zero-order valence-electron chi connectivity index (χ0n) is 14.9. The van der Waals surface area contributed by atoms with Crippen LogP contribution in [0.4, 0.5) is 0 Å². The van der Waals surface area contributed by atoms with Gasteiger partial charge in [-0.15, -0.1) is 0 Å². The number of ether oxygens (including phenoxy) is 1. The van der Waals surface area contributed by atoms with Crippen molar-refractivity contribution < 1.29 is 17.9 Å². The number of carbonyl (C=O) groups excluding carboxylic acids is 1. The third-order valence-electron chi connectivity index (χ3n) is 4.02. The summed E-state index contributed by atoms with van der Waals surface area (Å²) >= 11 is 0. The fourth-order valence-corrected chi connectivity index (χ4v) is 3.17. The lowest BCUT2D eigenvalue weighted by Gasteiger charge is -2.15. The maximum Gasteiger partial charge on any atom is 0.224 e. The van der Waals surface area contributed by atoms with E-state index in [1.165, 1.54) is 6.26 Å². The molecular formula is C19H23NO4S. The Balaban J connectivity index is 2.02. The van der Waals surface area contributed by atoms with Gasteiger partial charge in [-0.2, -0.15) is 0 Å². The largest absolute Gasteiger partial charge is 0.496 e. The van der Waals surface area contributed by atoms with E-state index < -0.39 is 9.84 Å². The highest BCUT2D eigenvalue weighted by molar-refractivity contribution is 7.90. The van der Waals surface area contributed by atoms with Gasteiger partial charge in [-0.3, -0.25) is 4.79 Å². The summed E-state index contributed by atoms with van der Waals surface area (Å²) in [6.07, 6.45) is 1.42. The number of aryl methyl sites for hydroxylation is 1. The molecule has 0 saturated carbocycles. The maximum absolute atomic E-state index is 12.3. The van der Waals surface area contributed by atoms with Gasteiger partial charge in [0.05, 0.1) is 24.5 Å². The molecule has 2 aromatic rings. The summed E-state index contributed by atoms with van der Waals surface area (Å²) in [5.74, 6) is 0.653. The van der Waals surface area contributed by atoms with Crippen LogP contribution in [0.3, 0.4) is 0 Å². The fourth-order valence-electron chi connectivity index (χ4n) is 2.54. The fraction of sp³-hybridized carbons (Fsp3) is 0.316. The van der Waals surface area contributed by atoms with Gasteiger partial charge in [0.1, 0.15) is 5.75 Å². The van der Waals surface area contributed by atoms with Crippen LogP contribution in [0.5, 0.6) is 5.75 Å². The smallest absolute Gasteiger partial charge is 0.224 e. The Morgan fingerprint density at radius 3 is 2.36 bits per heavy atom. The predicted octanol–water partition coefficient (Wildman–Crippen LogP) is 2.83.